The van der Waals surface area contributed by atoms with Gasteiger partial charge >= 0.3 is 5.97 Å². The number of carboxylic acid groups (broad SMARTS) is 1. The Hall–Kier alpha value is -2.30. The van der Waals surface area contributed by atoms with Gasteiger partial charge in [0.1, 0.15) is 17.9 Å². The number of benzene rings is 1. The molecule has 0 saturated carbocycles. The van der Waals surface area contributed by atoms with E-state index >= 15 is 0 Å². The summed E-state index contributed by atoms with van der Waals surface area (Å²) in [6.45, 7) is 3.97. The molecule has 0 aliphatic rings. The van der Waals surface area contributed by atoms with Crippen LogP contribution in [-0.2, 0) is 6.61 Å². The van der Waals surface area contributed by atoms with Crippen LogP contribution in [0.15, 0.2) is 28.9 Å². The molecule has 1 aromatic heterocycles. The molecule has 5 nitrogen and oxygen atoms in total. The van der Waals surface area contributed by atoms with Gasteiger partial charge in [-0.15, -0.1) is 0 Å². The van der Waals surface area contributed by atoms with Crippen molar-refractivity contribution < 1.29 is 19.2 Å². The van der Waals surface area contributed by atoms with E-state index < -0.39 is 5.97 Å². The van der Waals surface area contributed by atoms with Gasteiger partial charge in [-0.05, 0) is 25.5 Å². The zero-order valence-corrected chi connectivity index (χ0v) is 10.1. The zero-order valence-electron chi connectivity index (χ0n) is 10.1. The lowest BCUT2D eigenvalue weighted by Crippen LogP contribution is -2.03. The summed E-state index contributed by atoms with van der Waals surface area (Å²) >= 11 is 0. The molecule has 0 radical (unpaired) electrons. The third-order valence-corrected chi connectivity index (χ3v) is 2.56. The van der Waals surface area contributed by atoms with Crippen LogP contribution in [0.3, 0.4) is 0 Å². The van der Waals surface area contributed by atoms with Gasteiger partial charge in [0, 0.05) is 0 Å². The Bertz CT molecular complexity index is 574. The third-order valence-electron chi connectivity index (χ3n) is 2.56. The number of rotatable bonds is 4. The van der Waals surface area contributed by atoms with Gasteiger partial charge in [-0.1, -0.05) is 22.9 Å². The number of hydrogen-bond donors (Lipinski definition) is 1. The fraction of sp³-hybridized carbons (Fsp3) is 0.231. The predicted octanol–water partition coefficient (Wildman–Crippen LogP) is 2.57. The standard InChI is InChI=1S/C13H13NO4/c1-8-3-4-11(9(2)5-8)17-7-12-10(13(15)16)6-14-18-12/h3-6H,7H2,1-2H3,(H,15,16). The van der Waals surface area contributed by atoms with Gasteiger partial charge < -0.3 is 14.4 Å². The minimum absolute atomic E-state index is 0.0276. The van der Waals surface area contributed by atoms with E-state index in [1.54, 1.807) is 0 Å². The Morgan fingerprint density at radius 3 is 2.89 bits per heavy atom. The van der Waals surface area contributed by atoms with E-state index in [4.69, 9.17) is 14.4 Å². The molecule has 2 rings (SSSR count). The lowest BCUT2D eigenvalue weighted by Gasteiger charge is -2.08. The Morgan fingerprint density at radius 1 is 1.44 bits per heavy atom. The van der Waals surface area contributed by atoms with Crippen LogP contribution in [0.5, 0.6) is 5.75 Å². The smallest absolute Gasteiger partial charge is 0.341 e. The second kappa shape index (κ2) is 4.91. The minimum atomic E-state index is -1.07. The van der Waals surface area contributed by atoms with Gasteiger partial charge in [0.05, 0.1) is 6.20 Å². The number of aryl methyl sites for hydroxylation is 2. The lowest BCUT2D eigenvalue weighted by atomic mass is 10.1. The van der Waals surface area contributed by atoms with Crippen molar-refractivity contribution in [3.8, 4) is 5.75 Å². The zero-order chi connectivity index (χ0) is 13.1. The Labute approximate surface area is 104 Å². The van der Waals surface area contributed by atoms with Crippen molar-refractivity contribution in [2.45, 2.75) is 20.5 Å². The highest BCUT2D eigenvalue weighted by Crippen LogP contribution is 2.20. The van der Waals surface area contributed by atoms with E-state index in [9.17, 15) is 4.79 Å². The Morgan fingerprint density at radius 2 is 2.22 bits per heavy atom. The summed E-state index contributed by atoms with van der Waals surface area (Å²) in [5.41, 5.74) is 2.16. The van der Waals surface area contributed by atoms with Crippen molar-refractivity contribution >= 4 is 5.97 Å². The van der Waals surface area contributed by atoms with Gasteiger partial charge in [-0.2, -0.15) is 0 Å². The molecule has 0 atom stereocenters. The van der Waals surface area contributed by atoms with Gasteiger partial charge in [-0.3, -0.25) is 0 Å². The van der Waals surface area contributed by atoms with Crippen molar-refractivity contribution in [2.24, 2.45) is 0 Å². The number of carboxylic acids is 1. The van der Waals surface area contributed by atoms with E-state index in [1.807, 2.05) is 32.0 Å². The van der Waals surface area contributed by atoms with Crippen molar-refractivity contribution in [1.82, 2.24) is 5.16 Å². The maximum atomic E-state index is 10.9. The van der Waals surface area contributed by atoms with E-state index in [-0.39, 0.29) is 17.9 Å². The fourth-order valence-electron chi connectivity index (χ4n) is 1.65. The predicted molar refractivity (Wildman–Crippen MR) is 63.7 cm³/mol. The molecule has 1 aromatic carbocycles. The van der Waals surface area contributed by atoms with E-state index in [0.29, 0.717) is 5.75 Å². The summed E-state index contributed by atoms with van der Waals surface area (Å²) in [4.78, 5) is 10.9. The normalized spacial score (nSPS) is 10.3. The summed E-state index contributed by atoms with van der Waals surface area (Å²) in [5.74, 6) is -0.161. The molecule has 5 heteroatoms. The van der Waals surface area contributed by atoms with Gasteiger partial charge in [0.25, 0.3) is 0 Å². The highest BCUT2D eigenvalue weighted by Gasteiger charge is 2.15. The summed E-state index contributed by atoms with van der Waals surface area (Å²) in [7, 11) is 0. The number of aromatic carboxylic acids is 1. The molecule has 1 N–H and O–H groups in total. The molecule has 0 bridgehead atoms. The second-order valence-electron chi connectivity index (χ2n) is 4.03. The quantitative estimate of drug-likeness (QED) is 0.898. The Kier molecular flexibility index (Phi) is 3.32. The molecule has 18 heavy (non-hydrogen) atoms. The lowest BCUT2D eigenvalue weighted by molar-refractivity contribution is 0.0691. The van der Waals surface area contributed by atoms with Crippen molar-refractivity contribution in [2.75, 3.05) is 0 Å². The maximum absolute atomic E-state index is 10.9. The SMILES string of the molecule is Cc1ccc(OCc2oncc2C(=O)O)c(C)c1. The van der Waals surface area contributed by atoms with Gasteiger partial charge in [0.15, 0.2) is 5.76 Å². The summed E-state index contributed by atoms with van der Waals surface area (Å²) in [5, 5.41) is 12.3. The van der Waals surface area contributed by atoms with Gasteiger partial charge in [0.2, 0.25) is 0 Å². The van der Waals surface area contributed by atoms with Crippen LogP contribution in [0.25, 0.3) is 0 Å². The molecule has 0 amide bonds. The van der Waals surface area contributed by atoms with Crippen molar-refractivity contribution in [1.29, 1.82) is 0 Å². The van der Waals surface area contributed by atoms with Crippen LogP contribution < -0.4 is 4.74 Å². The fourth-order valence-corrected chi connectivity index (χ4v) is 1.65. The van der Waals surface area contributed by atoms with E-state index in [1.165, 1.54) is 6.20 Å². The summed E-state index contributed by atoms with van der Waals surface area (Å²) < 4.78 is 10.4. The Balaban J connectivity index is 2.11. The second-order valence-corrected chi connectivity index (χ2v) is 4.03. The van der Waals surface area contributed by atoms with E-state index in [0.717, 1.165) is 11.1 Å². The van der Waals surface area contributed by atoms with E-state index in [2.05, 4.69) is 5.16 Å². The number of nitrogens with zero attached hydrogens (tertiary/aromatic N) is 1. The van der Waals surface area contributed by atoms with Crippen LogP contribution >= 0.6 is 0 Å². The maximum Gasteiger partial charge on any atom is 0.341 e. The summed E-state index contributed by atoms with van der Waals surface area (Å²) in [6, 6.07) is 5.77. The first-order valence-electron chi connectivity index (χ1n) is 5.45. The first-order chi connectivity index (χ1) is 8.58. The first kappa shape index (κ1) is 12.2. The molecular weight excluding hydrogens is 234 g/mol. The molecule has 0 aliphatic carbocycles. The average molecular weight is 247 g/mol. The number of aromatic nitrogens is 1. The third kappa shape index (κ3) is 2.51. The number of carbonyl (C=O) groups is 1. The average Bonchev–Trinajstić information content (AvgIpc) is 2.76. The minimum Gasteiger partial charge on any atom is -0.485 e. The number of hydrogen-bond acceptors (Lipinski definition) is 4. The monoisotopic (exact) mass is 247 g/mol. The molecular formula is C13H13NO4. The van der Waals surface area contributed by atoms with Crippen LogP contribution in [0.2, 0.25) is 0 Å². The molecule has 0 aliphatic heterocycles. The largest absolute Gasteiger partial charge is 0.485 e. The molecule has 0 fully saturated rings. The van der Waals surface area contributed by atoms with Crippen LogP contribution in [0.4, 0.5) is 0 Å². The highest BCUT2D eigenvalue weighted by molar-refractivity contribution is 5.88. The van der Waals surface area contributed by atoms with Crippen LogP contribution in [0, 0.1) is 13.8 Å². The van der Waals surface area contributed by atoms with Crippen molar-refractivity contribution in [3.05, 3.63) is 46.8 Å². The molecule has 94 valence electrons. The van der Waals surface area contributed by atoms with Crippen molar-refractivity contribution in [3.63, 3.8) is 0 Å². The highest BCUT2D eigenvalue weighted by atomic mass is 16.5. The molecule has 0 spiro atoms. The van der Waals surface area contributed by atoms with Gasteiger partial charge in [-0.25, -0.2) is 4.79 Å². The molecule has 2 aromatic rings. The summed E-state index contributed by atoms with van der Waals surface area (Å²) in [6.07, 6.45) is 1.17. The van der Waals surface area contributed by atoms with Crippen LogP contribution in [-0.4, -0.2) is 16.2 Å². The molecule has 0 unspecified atom stereocenters. The molecule has 1 heterocycles. The number of ether oxygens (including phenoxy) is 1. The topological polar surface area (TPSA) is 72.6 Å². The molecule has 0 saturated heterocycles. The van der Waals surface area contributed by atoms with Crippen LogP contribution in [0.1, 0.15) is 27.2 Å². The first-order valence-corrected chi connectivity index (χ1v) is 5.45.